The van der Waals surface area contributed by atoms with Crippen LogP contribution in [0.4, 0.5) is 0 Å². The number of benzene rings is 2. The average molecular weight is 394 g/mol. The summed E-state index contributed by atoms with van der Waals surface area (Å²) < 4.78 is 12.9. The summed E-state index contributed by atoms with van der Waals surface area (Å²) in [6.45, 7) is 2.59. The molecule has 0 fully saturated rings. The highest BCUT2D eigenvalue weighted by atomic mass is 127. The highest BCUT2D eigenvalue weighted by molar-refractivity contribution is 14.1. The van der Waals surface area contributed by atoms with E-state index in [-0.39, 0.29) is 6.29 Å². The smallest absolute Gasteiger partial charge is 0.183 e. The third-order valence-corrected chi connectivity index (χ3v) is 3.59. The van der Waals surface area contributed by atoms with Crippen LogP contribution in [0.5, 0.6) is 0 Å². The fraction of sp³-hybridized carbons (Fsp3) is 0.222. The van der Waals surface area contributed by atoms with E-state index >= 15 is 0 Å². The Labute approximate surface area is 139 Å². The Morgan fingerprint density at radius 2 is 1.81 bits per heavy atom. The molecular weight excluding hydrogens is 375 g/mol. The first kappa shape index (κ1) is 16.2. The molecule has 2 aromatic rings. The lowest BCUT2D eigenvalue weighted by atomic mass is 9.98. The van der Waals surface area contributed by atoms with Gasteiger partial charge in [-0.25, -0.2) is 0 Å². The Hall–Kier alpha value is -1.17. The summed E-state index contributed by atoms with van der Waals surface area (Å²) in [5.74, 6) is 0. The third-order valence-electron chi connectivity index (χ3n) is 3.23. The molecule has 0 N–H and O–H groups in total. The Morgan fingerprint density at radius 1 is 1.10 bits per heavy atom. The van der Waals surface area contributed by atoms with Gasteiger partial charge in [0.1, 0.15) is 0 Å². The van der Waals surface area contributed by atoms with Gasteiger partial charge >= 0.3 is 0 Å². The molecule has 1 unspecified atom stereocenters. The number of methoxy groups -OCH3 is 1. The van der Waals surface area contributed by atoms with Crippen LogP contribution in [0.25, 0.3) is 17.2 Å². The van der Waals surface area contributed by atoms with Crippen LogP contribution in [0.3, 0.4) is 0 Å². The van der Waals surface area contributed by atoms with Crippen LogP contribution >= 0.6 is 22.6 Å². The van der Waals surface area contributed by atoms with Crippen molar-refractivity contribution in [1.29, 1.82) is 0 Å². The van der Waals surface area contributed by atoms with E-state index in [9.17, 15) is 0 Å². The van der Waals surface area contributed by atoms with Crippen molar-refractivity contribution in [2.45, 2.75) is 13.2 Å². The van der Waals surface area contributed by atoms with Gasteiger partial charge in [-0.1, -0.05) is 71.1 Å². The standard InChI is InChI=1S/C18H19IO2/c1-3-21-18(20-2)16-10-8-15(9-11-16)17-7-5-4-6-14(17)12-13-19/h4-13,18H,3H2,1-2H3/b13-12+. The lowest BCUT2D eigenvalue weighted by Gasteiger charge is -2.16. The van der Waals surface area contributed by atoms with Crippen LogP contribution < -0.4 is 0 Å². The van der Waals surface area contributed by atoms with Gasteiger partial charge in [-0.15, -0.1) is 0 Å². The summed E-state index contributed by atoms with van der Waals surface area (Å²) in [5, 5.41) is 0. The van der Waals surface area contributed by atoms with Crippen molar-refractivity contribution >= 4 is 28.7 Å². The molecule has 0 aliphatic carbocycles. The largest absolute Gasteiger partial charge is 0.352 e. The van der Waals surface area contributed by atoms with E-state index in [0.29, 0.717) is 6.61 Å². The van der Waals surface area contributed by atoms with Gasteiger partial charge in [0.15, 0.2) is 6.29 Å². The van der Waals surface area contributed by atoms with E-state index in [4.69, 9.17) is 9.47 Å². The number of halogens is 1. The minimum atomic E-state index is -0.298. The summed E-state index contributed by atoms with van der Waals surface area (Å²) in [4.78, 5) is 0. The summed E-state index contributed by atoms with van der Waals surface area (Å²) >= 11 is 2.24. The summed E-state index contributed by atoms with van der Waals surface area (Å²) in [6.07, 6.45) is 1.82. The average Bonchev–Trinajstić information content (AvgIpc) is 2.54. The Kier molecular flexibility index (Phi) is 6.42. The normalized spacial score (nSPS) is 12.7. The summed E-state index contributed by atoms with van der Waals surface area (Å²) in [5.41, 5.74) is 4.66. The quantitative estimate of drug-likeness (QED) is 0.480. The maximum Gasteiger partial charge on any atom is 0.183 e. The number of ether oxygens (including phenoxy) is 2. The zero-order valence-corrected chi connectivity index (χ0v) is 14.4. The van der Waals surface area contributed by atoms with Crippen LogP contribution in [0.15, 0.2) is 52.6 Å². The van der Waals surface area contributed by atoms with Gasteiger partial charge < -0.3 is 9.47 Å². The molecule has 0 bridgehead atoms. The van der Waals surface area contributed by atoms with E-state index in [1.54, 1.807) is 7.11 Å². The monoisotopic (exact) mass is 394 g/mol. The van der Waals surface area contributed by atoms with Crippen molar-refractivity contribution in [1.82, 2.24) is 0 Å². The minimum absolute atomic E-state index is 0.298. The number of hydrogen-bond donors (Lipinski definition) is 0. The molecule has 0 aliphatic heterocycles. The van der Waals surface area contributed by atoms with E-state index in [0.717, 1.165) is 5.56 Å². The zero-order valence-electron chi connectivity index (χ0n) is 12.3. The first-order valence-electron chi connectivity index (χ1n) is 6.90. The van der Waals surface area contributed by atoms with Crippen molar-refractivity contribution in [3.8, 4) is 11.1 Å². The van der Waals surface area contributed by atoms with E-state index < -0.39 is 0 Å². The molecule has 3 heteroatoms. The van der Waals surface area contributed by atoms with E-state index in [1.165, 1.54) is 16.7 Å². The fourth-order valence-corrected chi connectivity index (χ4v) is 2.63. The highest BCUT2D eigenvalue weighted by Crippen LogP contribution is 2.27. The molecule has 0 amide bonds. The van der Waals surface area contributed by atoms with Gasteiger partial charge in [-0.2, -0.15) is 0 Å². The van der Waals surface area contributed by atoms with Crippen molar-refractivity contribution in [2.24, 2.45) is 0 Å². The molecule has 0 radical (unpaired) electrons. The molecule has 2 rings (SSSR count). The second-order valence-corrected chi connectivity index (χ2v) is 5.24. The number of hydrogen-bond acceptors (Lipinski definition) is 2. The summed E-state index contributed by atoms with van der Waals surface area (Å²) in [7, 11) is 1.66. The van der Waals surface area contributed by atoms with E-state index in [2.05, 4.69) is 77.2 Å². The molecule has 2 nitrogen and oxygen atoms in total. The van der Waals surface area contributed by atoms with Crippen LogP contribution in [0.1, 0.15) is 24.3 Å². The first-order valence-corrected chi connectivity index (χ1v) is 8.15. The molecule has 110 valence electrons. The minimum Gasteiger partial charge on any atom is -0.352 e. The summed E-state index contributed by atoms with van der Waals surface area (Å²) in [6, 6.07) is 16.7. The first-order chi connectivity index (χ1) is 10.3. The zero-order chi connectivity index (χ0) is 15.1. The molecule has 1 atom stereocenters. The lowest BCUT2D eigenvalue weighted by Crippen LogP contribution is -2.06. The molecule has 0 saturated heterocycles. The maximum atomic E-state index is 5.55. The highest BCUT2D eigenvalue weighted by Gasteiger charge is 2.10. The molecular formula is C18H19IO2. The van der Waals surface area contributed by atoms with Crippen LogP contribution in [-0.4, -0.2) is 13.7 Å². The molecule has 0 aliphatic rings. The number of rotatable bonds is 6. The van der Waals surface area contributed by atoms with Crippen molar-refractivity contribution < 1.29 is 9.47 Å². The van der Waals surface area contributed by atoms with Crippen LogP contribution in [0.2, 0.25) is 0 Å². The predicted molar refractivity (Wildman–Crippen MR) is 96.3 cm³/mol. The van der Waals surface area contributed by atoms with Gasteiger partial charge in [0.05, 0.1) is 0 Å². The molecule has 0 saturated carbocycles. The van der Waals surface area contributed by atoms with Crippen molar-refractivity contribution in [2.75, 3.05) is 13.7 Å². The molecule has 2 aromatic carbocycles. The lowest BCUT2D eigenvalue weighted by molar-refractivity contribution is -0.124. The second kappa shape index (κ2) is 8.32. The Morgan fingerprint density at radius 3 is 2.43 bits per heavy atom. The van der Waals surface area contributed by atoms with Crippen molar-refractivity contribution in [3.05, 3.63) is 63.7 Å². The molecule has 0 aromatic heterocycles. The van der Waals surface area contributed by atoms with Crippen LogP contribution in [-0.2, 0) is 9.47 Å². The van der Waals surface area contributed by atoms with Gasteiger partial charge in [-0.05, 0) is 33.8 Å². The van der Waals surface area contributed by atoms with E-state index in [1.807, 2.05) is 11.0 Å². The SMILES string of the molecule is CCOC(OC)c1ccc(-c2ccccc2/C=C/I)cc1. The molecule has 0 spiro atoms. The van der Waals surface area contributed by atoms with Gasteiger partial charge in [0.2, 0.25) is 0 Å². The third kappa shape index (κ3) is 4.15. The van der Waals surface area contributed by atoms with Crippen molar-refractivity contribution in [3.63, 3.8) is 0 Å². The topological polar surface area (TPSA) is 18.5 Å². The second-order valence-electron chi connectivity index (χ2n) is 4.52. The molecule has 0 heterocycles. The predicted octanol–water partition coefficient (Wildman–Crippen LogP) is 5.44. The van der Waals surface area contributed by atoms with Gasteiger partial charge in [-0.3, -0.25) is 0 Å². The Bertz CT molecular complexity index is 590. The molecule has 21 heavy (non-hydrogen) atoms. The van der Waals surface area contributed by atoms with Gasteiger partial charge in [0.25, 0.3) is 0 Å². The fourth-order valence-electron chi connectivity index (χ4n) is 2.24. The van der Waals surface area contributed by atoms with Crippen LogP contribution in [0, 0.1) is 0 Å². The maximum absolute atomic E-state index is 5.55. The Balaban J connectivity index is 2.31. The van der Waals surface area contributed by atoms with Gasteiger partial charge in [0, 0.05) is 19.3 Å².